The fourth-order valence-electron chi connectivity index (χ4n) is 7.79. The van der Waals surface area contributed by atoms with Gasteiger partial charge in [-0.05, 0) is 107 Å². The average Bonchev–Trinajstić information content (AvgIpc) is 2.74. The van der Waals surface area contributed by atoms with Crippen molar-refractivity contribution in [2.45, 2.75) is 103 Å². The first-order valence-electron chi connectivity index (χ1n) is 13.3. The molecule has 2 aromatic rings. The Morgan fingerprint density at radius 1 is 0.970 bits per heavy atom. The molecule has 5 atom stereocenters. The lowest BCUT2D eigenvalue weighted by Gasteiger charge is -2.62. The van der Waals surface area contributed by atoms with E-state index in [0.717, 1.165) is 12.3 Å². The SMILES string of the molecule is C=C1[C@H](O[Si](C)(C)C(C)(C)C)CC[C@]2(C)[C@H]3CCc4c(ccc5ccccc45)[C@]3(C)CC[C@@H]12. The molecule has 2 fully saturated rings. The molecule has 2 saturated carbocycles. The largest absolute Gasteiger partial charge is 0.410 e. The molecule has 178 valence electrons. The van der Waals surface area contributed by atoms with Crippen LogP contribution in [0.1, 0.15) is 77.8 Å². The van der Waals surface area contributed by atoms with E-state index in [4.69, 9.17) is 11.0 Å². The molecule has 0 heterocycles. The lowest BCUT2D eigenvalue weighted by atomic mass is 9.43. The van der Waals surface area contributed by atoms with Crippen LogP contribution in [0, 0.1) is 17.3 Å². The van der Waals surface area contributed by atoms with Gasteiger partial charge in [0.2, 0.25) is 0 Å². The summed E-state index contributed by atoms with van der Waals surface area (Å²) < 4.78 is 6.95. The molecule has 2 aromatic carbocycles. The third-order valence-corrected chi connectivity index (χ3v) is 15.2. The van der Waals surface area contributed by atoms with Crippen molar-refractivity contribution in [2.24, 2.45) is 17.3 Å². The van der Waals surface area contributed by atoms with Crippen LogP contribution in [-0.4, -0.2) is 14.4 Å². The lowest BCUT2D eigenvalue weighted by molar-refractivity contribution is -0.0511. The standard InChI is InChI=1S/C31H44OSi/c1-21-25-17-19-31(6)26-15-13-22-11-9-10-12-23(22)24(26)14-16-28(31)30(25,5)20-18-27(21)32-33(7,8)29(2,3)4/h9-13,15,25,27-28H,1,14,16-20H2,2-8H3/t25-,27+,28+,30-,31-/m0/s1. The Hall–Kier alpha value is -1.38. The molecular formula is C31H44OSi. The summed E-state index contributed by atoms with van der Waals surface area (Å²) in [6.07, 6.45) is 7.74. The highest BCUT2D eigenvalue weighted by Crippen LogP contribution is 2.64. The first-order chi connectivity index (χ1) is 15.4. The van der Waals surface area contributed by atoms with E-state index in [2.05, 4.69) is 84.1 Å². The van der Waals surface area contributed by atoms with Crippen LogP contribution in [0.5, 0.6) is 0 Å². The number of fused-ring (bicyclic) bond motifs is 7. The zero-order valence-electron chi connectivity index (χ0n) is 22.1. The second-order valence-electron chi connectivity index (χ2n) is 13.4. The molecule has 0 N–H and O–H groups in total. The Labute approximate surface area is 203 Å². The van der Waals surface area contributed by atoms with Gasteiger partial charge in [-0.15, -0.1) is 0 Å². The van der Waals surface area contributed by atoms with E-state index in [1.165, 1.54) is 48.4 Å². The van der Waals surface area contributed by atoms with Crippen molar-refractivity contribution in [3.8, 4) is 0 Å². The summed E-state index contributed by atoms with van der Waals surface area (Å²) in [4.78, 5) is 0. The van der Waals surface area contributed by atoms with Crippen molar-refractivity contribution in [3.63, 3.8) is 0 Å². The maximum absolute atomic E-state index is 6.95. The van der Waals surface area contributed by atoms with Crippen LogP contribution in [0.15, 0.2) is 48.6 Å². The topological polar surface area (TPSA) is 9.23 Å². The highest BCUT2D eigenvalue weighted by Gasteiger charge is 2.58. The maximum atomic E-state index is 6.95. The van der Waals surface area contributed by atoms with E-state index in [1.54, 1.807) is 11.1 Å². The molecule has 33 heavy (non-hydrogen) atoms. The van der Waals surface area contributed by atoms with E-state index < -0.39 is 8.32 Å². The van der Waals surface area contributed by atoms with Gasteiger partial charge in [0, 0.05) is 0 Å². The molecule has 3 aliphatic rings. The molecule has 5 rings (SSSR count). The van der Waals surface area contributed by atoms with Crippen molar-refractivity contribution >= 4 is 19.1 Å². The van der Waals surface area contributed by atoms with Crippen LogP contribution < -0.4 is 0 Å². The van der Waals surface area contributed by atoms with Gasteiger partial charge < -0.3 is 4.43 Å². The van der Waals surface area contributed by atoms with Gasteiger partial charge in [0.05, 0.1) is 6.10 Å². The summed E-state index contributed by atoms with van der Waals surface area (Å²) in [5.74, 6) is 1.32. The fraction of sp³-hybridized carbons (Fsp3) is 0.613. The molecule has 2 heteroatoms. The third kappa shape index (κ3) is 3.42. The van der Waals surface area contributed by atoms with Crippen LogP contribution in [0.4, 0.5) is 0 Å². The number of hydrogen-bond donors (Lipinski definition) is 0. The molecule has 0 radical (unpaired) electrons. The predicted octanol–water partition coefficient (Wildman–Crippen LogP) is 8.82. The van der Waals surface area contributed by atoms with Gasteiger partial charge in [-0.25, -0.2) is 0 Å². The van der Waals surface area contributed by atoms with Crippen LogP contribution in [0.3, 0.4) is 0 Å². The Morgan fingerprint density at radius 3 is 2.42 bits per heavy atom. The summed E-state index contributed by atoms with van der Waals surface area (Å²) in [5.41, 5.74) is 5.29. The zero-order chi connectivity index (χ0) is 23.8. The monoisotopic (exact) mass is 460 g/mol. The molecular weight excluding hydrogens is 416 g/mol. The first kappa shape index (κ1) is 23.4. The highest BCUT2D eigenvalue weighted by molar-refractivity contribution is 6.74. The average molecular weight is 461 g/mol. The van der Waals surface area contributed by atoms with E-state index in [1.807, 2.05) is 0 Å². The number of hydrogen-bond acceptors (Lipinski definition) is 1. The predicted molar refractivity (Wildman–Crippen MR) is 144 cm³/mol. The molecule has 0 bridgehead atoms. The van der Waals surface area contributed by atoms with Gasteiger partial charge in [-0.3, -0.25) is 0 Å². The Balaban J connectivity index is 1.47. The minimum atomic E-state index is -1.80. The lowest BCUT2D eigenvalue weighted by Crippen LogP contribution is -2.57. The normalized spacial score (nSPS) is 34.5. The summed E-state index contributed by atoms with van der Waals surface area (Å²) >= 11 is 0. The summed E-state index contributed by atoms with van der Waals surface area (Å²) in [6.45, 7) is 21.8. The van der Waals surface area contributed by atoms with E-state index in [9.17, 15) is 0 Å². The first-order valence-corrected chi connectivity index (χ1v) is 16.2. The molecule has 3 aliphatic carbocycles. The van der Waals surface area contributed by atoms with Crippen molar-refractivity contribution in [1.29, 1.82) is 0 Å². The van der Waals surface area contributed by atoms with Gasteiger partial charge in [-0.2, -0.15) is 0 Å². The van der Waals surface area contributed by atoms with E-state index >= 15 is 0 Å². The van der Waals surface area contributed by atoms with E-state index in [-0.39, 0.29) is 16.6 Å². The van der Waals surface area contributed by atoms with Crippen molar-refractivity contribution in [3.05, 3.63) is 59.7 Å². The van der Waals surface area contributed by atoms with Gasteiger partial charge in [-0.1, -0.05) is 77.6 Å². The molecule has 0 saturated heterocycles. The number of aryl methyl sites for hydroxylation is 1. The minimum Gasteiger partial charge on any atom is -0.410 e. The minimum absolute atomic E-state index is 0.245. The number of benzene rings is 2. The quantitative estimate of drug-likeness (QED) is 0.321. The van der Waals surface area contributed by atoms with Gasteiger partial charge in [0.25, 0.3) is 0 Å². The molecule has 0 amide bonds. The smallest absolute Gasteiger partial charge is 0.192 e. The molecule has 0 spiro atoms. The second kappa shape index (κ2) is 7.56. The van der Waals surface area contributed by atoms with Gasteiger partial charge >= 0.3 is 0 Å². The van der Waals surface area contributed by atoms with E-state index in [0.29, 0.717) is 11.3 Å². The van der Waals surface area contributed by atoms with Crippen LogP contribution in [-0.2, 0) is 16.3 Å². The van der Waals surface area contributed by atoms with Crippen molar-refractivity contribution in [1.82, 2.24) is 0 Å². The summed E-state index contributed by atoms with van der Waals surface area (Å²) in [7, 11) is -1.80. The summed E-state index contributed by atoms with van der Waals surface area (Å²) in [5, 5.41) is 3.13. The van der Waals surface area contributed by atoms with Crippen molar-refractivity contribution < 1.29 is 4.43 Å². The highest BCUT2D eigenvalue weighted by atomic mass is 28.4. The molecule has 0 unspecified atom stereocenters. The third-order valence-electron chi connectivity index (χ3n) is 10.7. The van der Waals surface area contributed by atoms with Gasteiger partial charge in [0.15, 0.2) is 8.32 Å². The van der Waals surface area contributed by atoms with Crippen LogP contribution in [0.25, 0.3) is 10.8 Å². The van der Waals surface area contributed by atoms with Crippen LogP contribution in [0.2, 0.25) is 18.1 Å². The zero-order valence-corrected chi connectivity index (χ0v) is 23.1. The Bertz CT molecular complexity index is 1090. The summed E-state index contributed by atoms with van der Waals surface area (Å²) in [6, 6.07) is 13.9. The molecule has 1 nitrogen and oxygen atoms in total. The second-order valence-corrected chi connectivity index (χ2v) is 18.2. The number of rotatable bonds is 2. The van der Waals surface area contributed by atoms with Crippen molar-refractivity contribution in [2.75, 3.05) is 0 Å². The van der Waals surface area contributed by atoms with Crippen LogP contribution >= 0.6 is 0 Å². The Kier molecular flexibility index (Phi) is 5.35. The molecule has 0 aromatic heterocycles. The molecule has 0 aliphatic heterocycles. The fourth-order valence-corrected chi connectivity index (χ4v) is 9.13. The van der Waals surface area contributed by atoms with Gasteiger partial charge in [0.1, 0.15) is 0 Å². The maximum Gasteiger partial charge on any atom is 0.192 e. The Morgan fingerprint density at radius 2 is 1.70 bits per heavy atom.